The van der Waals surface area contributed by atoms with Crippen LogP contribution in [0.2, 0.25) is 0 Å². The molecule has 30 heavy (non-hydrogen) atoms. The average molecular weight is 404 g/mol. The molecule has 0 N–H and O–H groups in total. The van der Waals surface area contributed by atoms with Crippen LogP contribution >= 0.6 is 0 Å². The molecule has 152 valence electrons. The molecular weight excluding hydrogens is 383 g/mol. The number of oxazole rings is 1. The third-order valence-corrected chi connectivity index (χ3v) is 5.56. The largest absolute Gasteiger partial charge is 0.451 e. The topological polar surface area (TPSA) is 59.5 Å². The number of carbonyl (C=O) groups is 1. The van der Waals surface area contributed by atoms with Crippen molar-refractivity contribution in [3.8, 4) is 0 Å². The number of hydrogen-bond acceptors (Lipinski definition) is 4. The summed E-state index contributed by atoms with van der Waals surface area (Å²) < 4.78 is 24.8. The number of aromatic nitrogens is 1. The number of fused-ring (bicyclic) bond motifs is 1. The summed E-state index contributed by atoms with van der Waals surface area (Å²) >= 11 is 0. The maximum Gasteiger partial charge on any atom is 0.289 e. The number of furan rings is 1. The molecule has 0 saturated carbocycles. The van der Waals surface area contributed by atoms with Gasteiger partial charge >= 0.3 is 0 Å². The number of nitrogens with zero attached hydrogens (tertiary/aromatic N) is 2. The van der Waals surface area contributed by atoms with Gasteiger partial charge in [0.25, 0.3) is 5.91 Å². The standard InChI is InChI=1S/C24H21FN2O3/c25-19-9-7-16(8-10-19)12-20-14-26-23(29-20)18-5-3-11-27(15-18)24(28)22-13-17-4-1-2-6-21(17)30-22/h1-2,4,6-10,13-14,18H,3,5,11-12,15H2. The smallest absolute Gasteiger partial charge is 0.289 e. The normalized spacial score (nSPS) is 16.8. The number of amides is 1. The lowest BCUT2D eigenvalue weighted by molar-refractivity contribution is 0.0668. The van der Waals surface area contributed by atoms with Gasteiger partial charge < -0.3 is 13.7 Å². The maximum absolute atomic E-state index is 13.1. The Morgan fingerprint density at radius 3 is 2.80 bits per heavy atom. The highest BCUT2D eigenvalue weighted by molar-refractivity contribution is 5.96. The van der Waals surface area contributed by atoms with Crippen molar-refractivity contribution >= 4 is 16.9 Å². The van der Waals surface area contributed by atoms with Crippen LogP contribution in [0, 0.1) is 5.82 Å². The van der Waals surface area contributed by atoms with Gasteiger partial charge in [-0.25, -0.2) is 9.37 Å². The molecule has 0 aliphatic carbocycles. The Balaban J connectivity index is 1.28. The third kappa shape index (κ3) is 3.73. The second-order valence-corrected chi connectivity index (χ2v) is 7.71. The summed E-state index contributed by atoms with van der Waals surface area (Å²) in [5, 5.41) is 0.924. The number of likely N-dealkylation sites (tertiary alicyclic amines) is 1. The summed E-state index contributed by atoms with van der Waals surface area (Å²) in [6.45, 7) is 1.24. The van der Waals surface area contributed by atoms with Gasteiger partial charge in [-0.05, 0) is 42.7 Å². The summed E-state index contributed by atoms with van der Waals surface area (Å²) in [5.74, 6) is 1.43. The predicted molar refractivity (Wildman–Crippen MR) is 110 cm³/mol. The number of hydrogen-bond donors (Lipinski definition) is 0. The molecule has 1 amide bonds. The van der Waals surface area contributed by atoms with Crippen LogP contribution in [-0.2, 0) is 6.42 Å². The zero-order valence-corrected chi connectivity index (χ0v) is 16.4. The molecule has 3 heterocycles. The van der Waals surface area contributed by atoms with Crippen LogP contribution < -0.4 is 0 Å². The van der Waals surface area contributed by atoms with Crippen LogP contribution in [0.3, 0.4) is 0 Å². The first-order chi connectivity index (χ1) is 14.7. The van der Waals surface area contributed by atoms with E-state index in [2.05, 4.69) is 4.98 Å². The van der Waals surface area contributed by atoms with E-state index in [1.165, 1.54) is 12.1 Å². The fourth-order valence-corrected chi connectivity index (χ4v) is 4.00. The highest BCUT2D eigenvalue weighted by Gasteiger charge is 2.29. The highest BCUT2D eigenvalue weighted by Crippen LogP contribution is 2.29. The molecule has 1 aliphatic rings. The van der Waals surface area contributed by atoms with Crippen LogP contribution in [0.1, 0.15) is 46.5 Å². The third-order valence-electron chi connectivity index (χ3n) is 5.56. The minimum atomic E-state index is -0.256. The Morgan fingerprint density at radius 1 is 1.13 bits per heavy atom. The average Bonchev–Trinajstić information content (AvgIpc) is 3.42. The van der Waals surface area contributed by atoms with Gasteiger partial charge in [-0.3, -0.25) is 4.79 Å². The van der Waals surface area contributed by atoms with E-state index in [0.29, 0.717) is 36.7 Å². The summed E-state index contributed by atoms with van der Waals surface area (Å²) in [6, 6.07) is 15.8. The van der Waals surface area contributed by atoms with E-state index in [0.717, 1.165) is 29.6 Å². The quantitative estimate of drug-likeness (QED) is 0.471. The number of halogens is 1. The zero-order valence-electron chi connectivity index (χ0n) is 16.4. The lowest BCUT2D eigenvalue weighted by Gasteiger charge is -2.30. The minimum absolute atomic E-state index is 0.0500. The Bertz CT molecular complexity index is 1150. The molecule has 2 aromatic carbocycles. The molecule has 0 bridgehead atoms. The molecule has 6 heteroatoms. The van der Waals surface area contributed by atoms with Crippen molar-refractivity contribution in [1.82, 2.24) is 9.88 Å². The van der Waals surface area contributed by atoms with E-state index >= 15 is 0 Å². The second kappa shape index (κ2) is 7.78. The monoisotopic (exact) mass is 404 g/mol. The first kappa shape index (κ1) is 18.6. The van der Waals surface area contributed by atoms with E-state index in [-0.39, 0.29) is 17.6 Å². The molecule has 1 aliphatic heterocycles. The van der Waals surface area contributed by atoms with E-state index in [9.17, 15) is 9.18 Å². The Morgan fingerprint density at radius 2 is 1.97 bits per heavy atom. The fourth-order valence-electron chi connectivity index (χ4n) is 4.00. The van der Waals surface area contributed by atoms with Crippen molar-refractivity contribution in [2.45, 2.75) is 25.2 Å². The SMILES string of the molecule is O=C(c1cc2ccccc2o1)N1CCCC(c2ncc(Cc3ccc(F)cc3)o2)C1. The van der Waals surface area contributed by atoms with E-state index in [1.807, 2.05) is 29.2 Å². The molecule has 1 fully saturated rings. The lowest BCUT2D eigenvalue weighted by Crippen LogP contribution is -2.39. The van der Waals surface area contributed by atoms with Crippen molar-refractivity contribution in [2.24, 2.45) is 0 Å². The zero-order chi connectivity index (χ0) is 20.5. The van der Waals surface area contributed by atoms with Crippen molar-refractivity contribution in [2.75, 3.05) is 13.1 Å². The van der Waals surface area contributed by atoms with E-state index in [1.54, 1.807) is 24.4 Å². The molecule has 0 spiro atoms. The molecule has 4 aromatic rings. The van der Waals surface area contributed by atoms with Gasteiger partial charge in [0.2, 0.25) is 0 Å². The Labute approximate surface area is 173 Å². The lowest BCUT2D eigenvalue weighted by atomic mass is 9.98. The molecule has 1 atom stereocenters. The van der Waals surface area contributed by atoms with Crippen molar-refractivity contribution in [3.63, 3.8) is 0 Å². The van der Waals surface area contributed by atoms with Crippen LogP contribution in [0.5, 0.6) is 0 Å². The highest BCUT2D eigenvalue weighted by atomic mass is 19.1. The van der Waals surface area contributed by atoms with Gasteiger partial charge in [-0.2, -0.15) is 0 Å². The van der Waals surface area contributed by atoms with Crippen molar-refractivity contribution in [3.05, 3.63) is 89.6 Å². The van der Waals surface area contributed by atoms with Crippen molar-refractivity contribution < 1.29 is 18.0 Å². The molecule has 5 rings (SSSR count). The van der Waals surface area contributed by atoms with Gasteiger partial charge in [0, 0.05) is 24.9 Å². The van der Waals surface area contributed by atoms with Gasteiger partial charge in [0.05, 0.1) is 12.1 Å². The number of carbonyl (C=O) groups excluding carboxylic acids is 1. The van der Waals surface area contributed by atoms with Crippen molar-refractivity contribution in [1.29, 1.82) is 0 Å². The Hall–Kier alpha value is -3.41. The number of rotatable bonds is 4. The summed E-state index contributed by atoms with van der Waals surface area (Å²) in [7, 11) is 0. The van der Waals surface area contributed by atoms with Crippen LogP contribution in [0.4, 0.5) is 4.39 Å². The van der Waals surface area contributed by atoms with Crippen LogP contribution in [-0.4, -0.2) is 28.9 Å². The first-order valence-corrected chi connectivity index (χ1v) is 10.1. The molecule has 5 nitrogen and oxygen atoms in total. The summed E-state index contributed by atoms with van der Waals surface area (Å²) in [6.07, 6.45) is 4.08. The van der Waals surface area contributed by atoms with Gasteiger partial charge in [-0.15, -0.1) is 0 Å². The van der Waals surface area contributed by atoms with E-state index in [4.69, 9.17) is 8.83 Å². The van der Waals surface area contributed by atoms with E-state index < -0.39 is 0 Å². The van der Waals surface area contributed by atoms with Crippen LogP contribution in [0.25, 0.3) is 11.0 Å². The molecule has 0 radical (unpaired) electrons. The molecule has 1 saturated heterocycles. The minimum Gasteiger partial charge on any atom is -0.451 e. The number of piperidine rings is 1. The molecular formula is C24H21FN2O3. The van der Waals surface area contributed by atoms with Gasteiger partial charge in [0.15, 0.2) is 11.7 Å². The number of para-hydroxylation sites is 1. The molecule has 2 aromatic heterocycles. The maximum atomic E-state index is 13.1. The Kier molecular flexibility index (Phi) is 4.83. The number of benzene rings is 2. The second-order valence-electron chi connectivity index (χ2n) is 7.71. The fraction of sp³-hybridized carbons (Fsp3) is 0.250. The van der Waals surface area contributed by atoms with Crippen LogP contribution in [0.15, 0.2) is 69.6 Å². The predicted octanol–water partition coefficient (Wildman–Crippen LogP) is 5.17. The summed E-state index contributed by atoms with van der Waals surface area (Å²) in [4.78, 5) is 19.2. The first-order valence-electron chi connectivity index (χ1n) is 10.1. The van der Waals surface area contributed by atoms with Gasteiger partial charge in [-0.1, -0.05) is 30.3 Å². The molecule has 1 unspecified atom stereocenters. The summed E-state index contributed by atoms with van der Waals surface area (Å²) in [5.41, 5.74) is 1.68. The van der Waals surface area contributed by atoms with Gasteiger partial charge in [0.1, 0.15) is 17.2 Å².